The molecule has 0 saturated heterocycles. The number of Topliss-reactive ketones (excluding diaryl/α,β-unsaturated/α-hetero) is 1. The molecule has 0 aliphatic rings. The largest absolute Gasteiger partial charge is 0.497 e. The Kier molecular flexibility index (Phi) is 8.14. The van der Waals surface area contributed by atoms with Crippen LogP contribution in [0.25, 0.3) is 0 Å². The SMILES string of the molecule is CCN(CC)Cc1ccc(C(CC(=O)c2ccc(OC)cc2)C[N+](=O)[O-])cc1. The molecule has 2 aromatic rings. The number of carbonyl (C=O) groups excluding carboxylic acids is 1. The summed E-state index contributed by atoms with van der Waals surface area (Å²) in [6.07, 6.45) is 0.0999. The van der Waals surface area contributed by atoms with E-state index in [1.807, 2.05) is 24.3 Å². The number of ketones is 1. The highest BCUT2D eigenvalue weighted by Crippen LogP contribution is 2.24. The number of nitrogens with zero attached hydrogens (tertiary/aromatic N) is 2. The maximum Gasteiger partial charge on any atom is 0.211 e. The third kappa shape index (κ3) is 6.16. The van der Waals surface area contributed by atoms with Crippen LogP contribution in [-0.2, 0) is 6.54 Å². The number of carbonyl (C=O) groups is 1. The zero-order valence-electron chi connectivity index (χ0n) is 16.8. The van der Waals surface area contributed by atoms with Crippen LogP contribution in [0.3, 0.4) is 0 Å². The molecule has 0 N–H and O–H groups in total. The van der Waals surface area contributed by atoms with Gasteiger partial charge in [-0.15, -0.1) is 0 Å². The Bertz CT molecular complexity index is 768. The van der Waals surface area contributed by atoms with E-state index < -0.39 is 5.92 Å². The van der Waals surface area contributed by atoms with Gasteiger partial charge in [0.25, 0.3) is 0 Å². The molecular weight excluding hydrogens is 356 g/mol. The van der Waals surface area contributed by atoms with Crippen LogP contribution in [-0.4, -0.2) is 42.4 Å². The summed E-state index contributed by atoms with van der Waals surface area (Å²) in [6, 6.07) is 14.6. The molecule has 0 fully saturated rings. The van der Waals surface area contributed by atoms with Gasteiger partial charge >= 0.3 is 0 Å². The average Bonchev–Trinajstić information content (AvgIpc) is 2.71. The summed E-state index contributed by atoms with van der Waals surface area (Å²) in [7, 11) is 1.56. The summed E-state index contributed by atoms with van der Waals surface area (Å²) >= 11 is 0. The first-order chi connectivity index (χ1) is 13.5. The molecule has 0 aliphatic carbocycles. The Morgan fingerprint density at radius 1 is 1.07 bits per heavy atom. The highest BCUT2D eigenvalue weighted by atomic mass is 16.6. The second-order valence-electron chi connectivity index (χ2n) is 6.77. The van der Waals surface area contributed by atoms with Crippen LogP contribution in [0.5, 0.6) is 5.75 Å². The minimum Gasteiger partial charge on any atom is -0.497 e. The van der Waals surface area contributed by atoms with Gasteiger partial charge in [0, 0.05) is 23.5 Å². The summed E-state index contributed by atoms with van der Waals surface area (Å²) < 4.78 is 5.10. The molecule has 0 heterocycles. The Hall–Kier alpha value is -2.73. The first-order valence-electron chi connectivity index (χ1n) is 9.57. The summed E-state index contributed by atoms with van der Waals surface area (Å²) in [5.41, 5.74) is 2.52. The number of methoxy groups -OCH3 is 1. The van der Waals surface area contributed by atoms with Gasteiger partial charge in [0.15, 0.2) is 5.78 Å². The fourth-order valence-corrected chi connectivity index (χ4v) is 3.19. The topological polar surface area (TPSA) is 72.7 Å². The number of ether oxygens (including phenoxy) is 1. The maximum absolute atomic E-state index is 12.6. The summed E-state index contributed by atoms with van der Waals surface area (Å²) in [6.45, 7) is 6.76. The number of hydrogen-bond acceptors (Lipinski definition) is 5. The molecule has 6 heteroatoms. The van der Waals surface area contributed by atoms with Crippen molar-refractivity contribution < 1.29 is 14.5 Å². The van der Waals surface area contributed by atoms with Gasteiger partial charge in [-0.1, -0.05) is 38.1 Å². The van der Waals surface area contributed by atoms with Gasteiger partial charge in [-0.2, -0.15) is 0 Å². The van der Waals surface area contributed by atoms with E-state index in [9.17, 15) is 14.9 Å². The highest BCUT2D eigenvalue weighted by molar-refractivity contribution is 5.96. The van der Waals surface area contributed by atoms with Gasteiger partial charge in [-0.25, -0.2) is 0 Å². The lowest BCUT2D eigenvalue weighted by atomic mass is 9.91. The molecule has 0 aromatic heterocycles. The van der Waals surface area contributed by atoms with Crippen LogP contribution in [0.4, 0.5) is 0 Å². The first kappa shape index (κ1) is 21.6. The summed E-state index contributed by atoms with van der Waals surface area (Å²) in [5.74, 6) is 0.107. The lowest BCUT2D eigenvalue weighted by Crippen LogP contribution is -2.22. The standard InChI is InChI=1S/C22H28N2O4/c1-4-23(5-2)15-17-6-8-18(9-7-17)20(16-24(26)27)14-22(25)19-10-12-21(28-3)13-11-19/h6-13,20H,4-5,14-16H2,1-3H3. The predicted molar refractivity (Wildman–Crippen MR) is 110 cm³/mol. The molecule has 0 radical (unpaired) electrons. The Morgan fingerprint density at radius 3 is 2.18 bits per heavy atom. The minimum absolute atomic E-state index is 0.0999. The van der Waals surface area contributed by atoms with E-state index in [-0.39, 0.29) is 23.7 Å². The molecule has 1 atom stereocenters. The van der Waals surface area contributed by atoms with Gasteiger partial charge in [0.2, 0.25) is 6.54 Å². The zero-order valence-corrected chi connectivity index (χ0v) is 16.8. The molecule has 1 unspecified atom stereocenters. The van der Waals surface area contributed by atoms with Crippen molar-refractivity contribution in [3.8, 4) is 5.75 Å². The fraction of sp³-hybridized carbons (Fsp3) is 0.409. The fourth-order valence-electron chi connectivity index (χ4n) is 3.19. The molecule has 0 bridgehead atoms. The van der Waals surface area contributed by atoms with E-state index in [0.717, 1.165) is 30.8 Å². The lowest BCUT2D eigenvalue weighted by molar-refractivity contribution is -0.483. The van der Waals surface area contributed by atoms with Gasteiger partial charge < -0.3 is 4.74 Å². The van der Waals surface area contributed by atoms with Crippen LogP contribution in [0.15, 0.2) is 48.5 Å². The number of nitro groups is 1. The van der Waals surface area contributed by atoms with Crippen molar-refractivity contribution in [3.63, 3.8) is 0 Å². The summed E-state index contributed by atoms with van der Waals surface area (Å²) in [5, 5.41) is 11.1. The van der Waals surface area contributed by atoms with Crippen molar-refractivity contribution in [2.45, 2.75) is 32.7 Å². The Balaban J connectivity index is 2.13. The van der Waals surface area contributed by atoms with E-state index in [2.05, 4.69) is 18.7 Å². The van der Waals surface area contributed by atoms with E-state index in [4.69, 9.17) is 4.74 Å². The van der Waals surface area contributed by atoms with E-state index >= 15 is 0 Å². The second kappa shape index (κ2) is 10.6. The van der Waals surface area contributed by atoms with Crippen LogP contribution in [0.1, 0.15) is 47.7 Å². The van der Waals surface area contributed by atoms with Crippen LogP contribution in [0.2, 0.25) is 0 Å². The predicted octanol–water partition coefficient (Wildman–Crippen LogP) is 4.17. The Labute approximate surface area is 166 Å². The van der Waals surface area contributed by atoms with Gasteiger partial charge in [-0.3, -0.25) is 19.8 Å². The third-order valence-electron chi connectivity index (χ3n) is 4.96. The lowest BCUT2D eigenvalue weighted by Gasteiger charge is -2.19. The van der Waals surface area contributed by atoms with Crippen molar-refractivity contribution in [3.05, 3.63) is 75.3 Å². The molecule has 28 heavy (non-hydrogen) atoms. The van der Waals surface area contributed by atoms with Crippen molar-refractivity contribution in [2.24, 2.45) is 0 Å². The first-order valence-corrected chi connectivity index (χ1v) is 9.57. The molecule has 0 saturated carbocycles. The smallest absolute Gasteiger partial charge is 0.211 e. The van der Waals surface area contributed by atoms with Crippen molar-refractivity contribution in [1.29, 1.82) is 0 Å². The number of rotatable bonds is 11. The highest BCUT2D eigenvalue weighted by Gasteiger charge is 2.22. The van der Waals surface area contributed by atoms with Crippen molar-refractivity contribution in [1.82, 2.24) is 4.90 Å². The third-order valence-corrected chi connectivity index (χ3v) is 4.96. The molecule has 2 aromatic carbocycles. The second-order valence-corrected chi connectivity index (χ2v) is 6.77. The monoisotopic (exact) mass is 384 g/mol. The van der Waals surface area contributed by atoms with Gasteiger partial charge in [-0.05, 0) is 48.5 Å². The van der Waals surface area contributed by atoms with Gasteiger partial charge in [0.05, 0.1) is 13.0 Å². The average molecular weight is 384 g/mol. The minimum atomic E-state index is -0.452. The zero-order chi connectivity index (χ0) is 20.5. The van der Waals surface area contributed by atoms with Crippen LogP contribution < -0.4 is 4.74 Å². The molecule has 0 spiro atoms. The molecular formula is C22H28N2O4. The maximum atomic E-state index is 12.6. The van der Waals surface area contributed by atoms with Crippen molar-refractivity contribution in [2.75, 3.05) is 26.7 Å². The molecule has 2 rings (SSSR count). The molecule has 0 amide bonds. The molecule has 0 aliphatic heterocycles. The molecule has 150 valence electrons. The Morgan fingerprint density at radius 2 is 1.68 bits per heavy atom. The number of benzene rings is 2. The van der Waals surface area contributed by atoms with Crippen LogP contribution >= 0.6 is 0 Å². The van der Waals surface area contributed by atoms with E-state index in [1.54, 1.807) is 31.4 Å². The quantitative estimate of drug-likeness (QED) is 0.330. The number of hydrogen-bond donors (Lipinski definition) is 0. The van der Waals surface area contributed by atoms with Crippen LogP contribution in [0, 0.1) is 10.1 Å². The van der Waals surface area contributed by atoms with Crippen molar-refractivity contribution >= 4 is 5.78 Å². The molecule has 6 nitrogen and oxygen atoms in total. The van der Waals surface area contributed by atoms with E-state index in [0.29, 0.717) is 11.3 Å². The van der Waals surface area contributed by atoms with Gasteiger partial charge in [0.1, 0.15) is 5.75 Å². The summed E-state index contributed by atoms with van der Waals surface area (Å²) in [4.78, 5) is 25.7. The van der Waals surface area contributed by atoms with E-state index in [1.165, 1.54) is 0 Å². The normalized spacial score (nSPS) is 12.0.